The lowest BCUT2D eigenvalue weighted by Gasteiger charge is -2.14. The lowest BCUT2D eigenvalue weighted by atomic mass is 10.1. The van der Waals surface area contributed by atoms with Crippen LogP contribution in [0, 0.1) is 0 Å². The van der Waals surface area contributed by atoms with Crippen molar-refractivity contribution < 1.29 is 4.74 Å². The molecule has 0 aromatic carbocycles. The molecule has 80 valence electrons. The second-order valence-corrected chi connectivity index (χ2v) is 3.61. The molecule has 0 aliphatic heterocycles. The van der Waals surface area contributed by atoms with Gasteiger partial charge in [0.15, 0.2) is 0 Å². The van der Waals surface area contributed by atoms with E-state index in [1.165, 1.54) is 12.8 Å². The van der Waals surface area contributed by atoms with Crippen LogP contribution in [0.2, 0.25) is 0 Å². The summed E-state index contributed by atoms with van der Waals surface area (Å²) in [7, 11) is 1.73. The molecule has 3 N–H and O–H groups in total. The Labute approximate surface area is 82.0 Å². The van der Waals surface area contributed by atoms with E-state index in [1.54, 1.807) is 7.11 Å². The number of rotatable bonds is 8. The molecule has 0 saturated heterocycles. The topological polar surface area (TPSA) is 47.3 Å². The number of ether oxygens (including phenoxy) is 1. The number of methoxy groups -OCH3 is 1. The molecule has 0 saturated carbocycles. The van der Waals surface area contributed by atoms with Crippen molar-refractivity contribution >= 4 is 0 Å². The molecule has 0 aromatic rings. The van der Waals surface area contributed by atoms with E-state index in [0.717, 1.165) is 19.5 Å². The molecule has 0 fully saturated rings. The molecule has 0 aliphatic rings. The summed E-state index contributed by atoms with van der Waals surface area (Å²) < 4.78 is 5.11. The Balaban J connectivity index is 3.21. The third kappa shape index (κ3) is 8.22. The number of nitrogens with one attached hydrogen (secondary N) is 1. The first-order chi connectivity index (χ1) is 6.20. The second kappa shape index (κ2) is 8.48. The third-order valence-electron chi connectivity index (χ3n) is 2.17. The van der Waals surface area contributed by atoms with Crippen molar-refractivity contribution in [3.05, 3.63) is 0 Å². The summed E-state index contributed by atoms with van der Waals surface area (Å²) in [5.41, 5.74) is 5.88. The van der Waals surface area contributed by atoms with Gasteiger partial charge in [-0.2, -0.15) is 0 Å². The van der Waals surface area contributed by atoms with E-state index in [4.69, 9.17) is 10.5 Å². The van der Waals surface area contributed by atoms with E-state index in [2.05, 4.69) is 12.2 Å². The van der Waals surface area contributed by atoms with Crippen LogP contribution in [0.25, 0.3) is 0 Å². The first-order valence-corrected chi connectivity index (χ1v) is 5.19. The van der Waals surface area contributed by atoms with E-state index < -0.39 is 0 Å². The van der Waals surface area contributed by atoms with Gasteiger partial charge in [-0.25, -0.2) is 0 Å². The van der Waals surface area contributed by atoms with Gasteiger partial charge >= 0.3 is 0 Å². The maximum atomic E-state index is 5.88. The zero-order valence-corrected chi connectivity index (χ0v) is 9.18. The molecule has 2 unspecified atom stereocenters. The summed E-state index contributed by atoms with van der Waals surface area (Å²) >= 11 is 0. The van der Waals surface area contributed by atoms with E-state index >= 15 is 0 Å². The molecule has 3 heteroatoms. The van der Waals surface area contributed by atoms with Crippen molar-refractivity contribution in [2.75, 3.05) is 20.2 Å². The fourth-order valence-corrected chi connectivity index (χ4v) is 1.12. The Morgan fingerprint density at radius 3 is 2.62 bits per heavy atom. The molecule has 0 aromatic heterocycles. The molecule has 0 bridgehead atoms. The molecular formula is C10H24N2O. The van der Waals surface area contributed by atoms with Gasteiger partial charge in [-0.15, -0.1) is 0 Å². The van der Waals surface area contributed by atoms with Gasteiger partial charge < -0.3 is 15.8 Å². The van der Waals surface area contributed by atoms with Gasteiger partial charge in [0.1, 0.15) is 0 Å². The second-order valence-electron chi connectivity index (χ2n) is 3.61. The number of hydrogen-bond acceptors (Lipinski definition) is 3. The minimum Gasteiger partial charge on any atom is -0.380 e. The number of unbranched alkanes of at least 4 members (excludes halogenated alkanes) is 1. The van der Waals surface area contributed by atoms with Crippen LogP contribution in [-0.4, -0.2) is 32.3 Å². The van der Waals surface area contributed by atoms with Crippen molar-refractivity contribution in [2.24, 2.45) is 5.73 Å². The van der Waals surface area contributed by atoms with Crippen molar-refractivity contribution in [3.63, 3.8) is 0 Å². The van der Waals surface area contributed by atoms with Crippen LogP contribution in [0.15, 0.2) is 0 Å². The Morgan fingerprint density at radius 1 is 1.38 bits per heavy atom. The zero-order valence-electron chi connectivity index (χ0n) is 9.18. The smallest absolute Gasteiger partial charge is 0.0667 e. The van der Waals surface area contributed by atoms with Crippen molar-refractivity contribution in [1.82, 2.24) is 5.32 Å². The van der Waals surface area contributed by atoms with Gasteiger partial charge in [0, 0.05) is 26.2 Å². The minimum absolute atomic E-state index is 0.276. The van der Waals surface area contributed by atoms with Crippen LogP contribution < -0.4 is 11.1 Å². The fraction of sp³-hybridized carbons (Fsp3) is 1.00. The van der Waals surface area contributed by atoms with Gasteiger partial charge in [-0.3, -0.25) is 0 Å². The predicted octanol–water partition coefficient (Wildman–Crippen LogP) is 1.13. The van der Waals surface area contributed by atoms with Gasteiger partial charge in [-0.1, -0.05) is 19.8 Å². The Hall–Kier alpha value is -0.120. The number of nitrogens with two attached hydrogens (primary N) is 1. The average Bonchev–Trinajstić information content (AvgIpc) is 2.14. The molecular weight excluding hydrogens is 164 g/mol. The predicted molar refractivity (Wildman–Crippen MR) is 56.8 cm³/mol. The van der Waals surface area contributed by atoms with Gasteiger partial charge in [-0.05, 0) is 13.3 Å². The molecule has 0 amide bonds. The summed E-state index contributed by atoms with van der Waals surface area (Å²) in [5.74, 6) is 0. The Bertz CT molecular complexity index is 109. The van der Waals surface area contributed by atoms with Crippen LogP contribution in [-0.2, 0) is 4.74 Å². The third-order valence-corrected chi connectivity index (χ3v) is 2.17. The summed E-state index contributed by atoms with van der Waals surface area (Å²) in [4.78, 5) is 0. The van der Waals surface area contributed by atoms with E-state index in [1.807, 2.05) is 6.92 Å². The van der Waals surface area contributed by atoms with Gasteiger partial charge in [0.05, 0.1) is 6.10 Å². The highest BCUT2D eigenvalue weighted by Gasteiger charge is 2.02. The highest BCUT2D eigenvalue weighted by atomic mass is 16.5. The first-order valence-electron chi connectivity index (χ1n) is 5.19. The molecule has 13 heavy (non-hydrogen) atoms. The maximum absolute atomic E-state index is 5.88. The van der Waals surface area contributed by atoms with Crippen LogP contribution in [0.4, 0.5) is 0 Å². The lowest BCUT2D eigenvalue weighted by molar-refractivity contribution is 0.117. The lowest BCUT2D eigenvalue weighted by Crippen LogP contribution is -2.37. The molecule has 2 atom stereocenters. The standard InChI is InChI=1S/C10H24N2O/c1-4-5-6-10(11)8-12-7-9(2)13-3/h9-10,12H,4-8,11H2,1-3H3. The molecule has 0 spiro atoms. The summed E-state index contributed by atoms with van der Waals surface area (Å²) in [5, 5.41) is 3.29. The highest BCUT2D eigenvalue weighted by Crippen LogP contribution is 1.96. The molecule has 0 heterocycles. The minimum atomic E-state index is 0.276. The van der Waals surface area contributed by atoms with Crippen molar-refractivity contribution in [1.29, 1.82) is 0 Å². The largest absolute Gasteiger partial charge is 0.380 e. The molecule has 0 radical (unpaired) electrons. The average molecular weight is 188 g/mol. The molecule has 0 aliphatic carbocycles. The van der Waals surface area contributed by atoms with Crippen LogP contribution in [0.1, 0.15) is 33.1 Å². The molecule has 0 rings (SSSR count). The summed E-state index contributed by atoms with van der Waals surface area (Å²) in [6.45, 7) is 6.02. The maximum Gasteiger partial charge on any atom is 0.0667 e. The van der Waals surface area contributed by atoms with E-state index in [9.17, 15) is 0 Å². The Kier molecular flexibility index (Phi) is 8.40. The van der Waals surface area contributed by atoms with Crippen LogP contribution in [0.3, 0.4) is 0 Å². The van der Waals surface area contributed by atoms with Crippen molar-refractivity contribution in [2.45, 2.75) is 45.3 Å². The monoisotopic (exact) mass is 188 g/mol. The molecule has 3 nitrogen and oxygen atoms in total. The van der Waals surface area contributed by atoms with Crippen molar-refractivity contribution in [3.8, 4) is 0 Å². The highest BCUT2D eigenvalue weighted by molar-refractivity contribution is 4.65. The van der Waals surface area contributed by atoms with Gasteiger partial charge in [0.2, 0.25) is 0 Å². The van der Waals surface area contributed by atoms with E-state index in [0.29, 0.717) is 6.04 Å². The number of hydrogen-bond donors (Lipinski definition) is 2. The van der Waals surface area contributed by atoms with Crippen LogP contribution >= 0.6 is 0 Å². The zero-order chi connectivity index (χ0) is 10.1. The summed E-state index contributed by atoms with van der Waals surface area (Å²) in [6.07, 6.45) is 3.84. The normalized spacial score (nSPS) is 15.7. The van der Waals surface area contributed by atoms with Crippen LogP contribution in [0.5, 0.6) is 0 Å². The van der Waals surface area contributed by atoms with E-state index in [-0.39, 0.29) is 6.10 Å². The summed E-state index contributed by atoms with van der Waals surface area (Å²) in [6, 6.07) is 0.295. The fourth-order valence-electron chi connectivity index (χ4n) is 1.12. The SMILES string of the molecule is CCCCC(N)CNCC(C)OC. The Morgan fingerprint density at radius 2 is 2.08 bits per heavy atom. The first kappa shape index (κ1) is 12.9. The quantitative estimate of drug-likeness (QED) is 0.600. The van der Waals surface area contributed by atoms with Gasteiger partial charge in [0.25, 0.3) is 0 Å².